The first-order valence-electron chi connectivity index (χ1n) is 9.39. The Hall–Kier alpha value is -2.41. The number of Topliss-reactive ketones (excluding diaryl/α,β-unsaturated/α-hetero) is 1. The van der Waals surface area contributed by atoms with E-state index < -0.39 is 11.2 Å². The van der Waals surface area contributed by atoms with Gasteiger partial charge in [-0.1, -0.05) is 36.4 Å². The van der Waals surface area contributed by atoms with Crippen LogP contribution >= 0.6 is 11.8 Å². The number of rotatable bonds is 7. The topological polar surface area (TPSA) is 65.7 Å². The van der Waals surface area contributed by atoms with Crippen molar-refractivity contribution in [1.82, 2.24) is 0 Å². The van der Waals surface area contributed by atoms with E-state index in [0.717, 1.165) is 4.90 Å². The fourth-order valence-electron chi connectivity index (χ4n) is 4.19. The van der Waals surface area contributed by atoms with E-state index in [1.165, 1.54) is 26.6 Å². The van der Waals surface area contributed by atoms with E-state index in [0.29, 0.717) is 6.42 Å². The molecule has 0 unspecified atom stereocenters. The van der Waals surface area contributed by atoms with Crippen molar-refractivity contribution in [2.24, 2.45) is 11.3 Å². The van der Waals surface area contributed by atoms with E-state index in [1.54, 1.807) is 30.0 Å². The molecule has 0 amide bonds. The normalized spacial score (nSPS) is 27.6. The van der Waals surface area contributed by atoms with E-state index >= 15 is 0 Å². The van der Waals surface area contributed by atoms with Crippen LogP contribution in [0.25, 0.3) is 0 Å². The monoisotopic (exact) mass is 410 g/mol. The van der Waals surface area contributed by atoms with E-state index in [4.69, 9.17) is 13.9 Å². The maximum atomic E-state index is 13.7. The predicted octanol–water partition coefficient (Wildman–Crippen LogP) is 4.31. The molecule has 0 spiro atoms. The first kappa shape index (κ1) is 19.9. The molecule has 0 saturated heterocycles. The molecule has 6 heteroatoms. The molecule has 1 saturated carbocycles. The Morgan fingerprint density at radius 3 is 2.59 bits per heavy atom. The summed E-state index contributed by atoms with van der Waals surface area (Å²) in [5.74, 6) is -1.79. The summed E-state index contributed by atoms with van der Waals surface area (Å²) in [4.78, 5) is 27.3. The van der Waals surface area contributed by atoms with Gasteiger partial charge in [0.15, 0.2) is 5.76 Å². The molecule has 3 aliphatic rings. The highest BCUT2D eigenvalue weighted by molar-refractivity contribution is 8.00. The average Bonchev–Trinajstić information content (AvgIpc) is 3.30. The first-order valence-corrected chi connectivity index (χ1v) is 10.3. The number of thioether (sulfide) groups is 1. The second kappa shape index (κ2) is 7.78. The van der Waals surface area contributed by atoms with Crippen LogP contribution in [-0.2, 0) is 14.3 Å². The minimum absolute atomic E-state index is 0.0912. The van der Waals surface area contributed by atoms with Gasteiger partial charge in [-0.15, -0.1) is 11.8 Å². The van der Waals surface area contributed by atoms with Gasteiger partial charge < -0.3 is 13.9 Å². The van der Waals surface area contributed by atoms with Gasteiger partial charge in [-0.25, -0.2) is 0 Å². The van der Waals surface area contributed by atoms with E-state index in [-0.39, 0.29) is 28.5 Å². The molecule has 1 aromatic heterocycles. The Balaban J connectivity index is 1.74. The van der Waals surface area contributed by atoms with Gasteiger partial charge in [0.2, 0.25) is 17.4 Å². The number of benzene rings is 1. The lowest BCUT2D eigenvalue weighted by Gasteiger charge is -2.53. The van der Waals surface area contributed by atoms with Gasteiger partial charge in [-0.3, -0.25) is 9.59 Å². The standard InChI is InChI=1S/C23H22O5S/c1-26-23(27-2)16-10-12-22(21(23)25,13-11-18(24)19-9-6-14-28-19)20(15-16)29-17-7-4-3-5-8-17/h3-14,16,20H,15H2,1-2H3/b13-11+/t16-,20+,22+/m0/s1. The Morgan fingerprint density at radius 2 is 1.93 bits per heavy atom. The summed E-state index contributed by atoms with van der Waals surface area (Å²) in [5.41, 5.74) is -1.02. The van der Waals surface area contributed by atoms with Crippen molar-refractivity contribution in [3.05, 3.63) is 78.8 Å². The molecule has 0 radical (unpaired) electrons. The largest absolute Gasteiger partial charge is 0.461 e. The summed E-state index contributed by atoms with van der Waals surface area (Å²) in [6.45, 7) is 0. The Labute approximate surface area is 173 Å². The summed E-state index contributed by atoms with van der Waals surface area (Å²) >= 11 is 1.63. The number of ketones is 2. The summed E-state index contributed by atoms with van der Waals surface area (Å²) in [7, 11) is 2.97. The highest BCUT2D eigenvalue weighted by Crippen LogP contribution is 2.55. The molecule has 29 heavy (non-hydrogen) atoms. The van der Waals surface area contributed by atoms with Gasteiger partial charge in [0.1, 0.15) is 0 Å². The molecular weight excluding hydrogens is 388 g/mol. The number of ether oxygens (including phenoxy) is 2. The van der Waals surface area contributed by atoms with Crippen molar-refractivity contribution in [3.8, 4) is 0 Å². The second-order valence-corrected chi connectivity index (χ2v) is 8.41. The van der Waals surface area contributed by atoms with Crippen LogP contribution in [-0.4, -0.2) is 36.8 Å². The highest BCUT2D eigenvalue weighted by Gasteiger charge is 2.63. The number of hydrogen-bond acceptors (Lipinski definition) is 6. The fourth-order valence-corrected chi connectivity index (χ4v) is 5.60. The van der Waals surface area contributed by atoms with Crippen LogP contribution in [0.5, 0.6) is 0 Å². The molecule has 2 bridgehead atoms. The molecule has 1 aromatic carbocycles. The van der Waals surface area contributed by atoms with Gasteiger partial charge in [0.05, 0.1) is 11.7 Å². The minimum Gasteiger partial charge on any atom is -0.461 e. The van der Waals surface area contributed by atoms with Gasteiger partial charge in [0, 0.05) is 30.3 Å². The van der Waals surface area contributed by atoms with E-state index in [2.05, 4.69) is 0 Å². The quantitative estimate of drug-likeness (QED) is 0.293. The summed E-state index contributed by atoms with van der Waals surface area (Å²) in [5, 5.41) is -0.0912. The van der Waals surface area contributed by atoms with Crippen molar-refractivity contribution in [2.75, 3.05) is 14.2 Å². The van der Waals surface area contributed by atoms with Crippen molar-refractivity contribution < 1.29 is 23.5 Å². The minimum atomic E-state index is -1.35. The van der Waals surface area contributed by atoms with Crippen LogP contribution in [0.3, 0.4) is 0 Å². The zero-order valence-corrected chi connectivity index (χ0v) is 17.1. The van der Waals surface area contributed by atoms with E-state index in [9.17, 15) is 9.59 Å². The zero-order chi connectivity index (χ0) is 20.5. The van der Waals surface area contributed by atoms with Crippen LogP contribution in [0.2, 0.25) is 0 Å². The third-order valence-corrected chi connectivity index (χ3v) is 7.12. The highest BCUT2D eigenvalue weighted by atomic mass is 32.2. The Kier molecular flexibility index (Phi) is 5.34. The number of fused-ring (bicyclic) bond motifs is 2. The van der Waals surface area contributed by atoms with Crippen LogP contribution in [0, 0.1) is 11.3 Å². The van der Waals surface area contributed by atoms with Gasteiger partial charge >= 0.3 is 0 Å². The third kappa shape index (κ3) is 3.21. The summed E-state index contributed by atoms with van der Waals surface area (Å²) in [6, 6.07) is 13.2. The molecule has 0 N–H and O–H groups in total. The molecule has 1 heterocycles. The Morgan fingerprint density at radius 1 is 1.17 bits per heavy atom. The predicted molar refractivity (Wildman–Crippen MR) is 110 cm³/mol. The zero-order valence-electron chi connectivity index (χ0n) is 16.2. The van der Waals surface area contributed by atoms with Gasteiger partial charge in [-0.2, -0.15) is 0 Å². The number of methoxy groups -OCH3 is 2. The van der Waals surface area contributed by atoms with Crippen LogP contribution in [0.1, 0.15) is 17.0 Å². The van der Waals surface area contributed by atoms with Crippen molar-refractivity contribution >= 4 is 23.3 Å². The average molecular weight is 410 g/mol. The lowest BCUT2D eigenvalue weighted by atomic mass is 9.60. The third-order valence-electron chi connectivity index (χ3n) is 5.71. The van der Waals surface area contributed by atoms with Gasteiger partial charge in [-0.05, 0) is 36.8 Å². The van der Waals surface area contributed by atoms with Crippen molar-refractivity contribution in [1.29, 1.82) is 0 Å². The molecule has 5 nitrogen and oxygen atoms in total. The molecule has 150 valence electrons. The lowest BCUT2D eigenvalue weighted by molar-refractivity contribution is -0.238. The number of hydrogen-bond donors (Lipinski definition) is 0. The molecule has 2 aromatic rings. The molecule has 1 fully saturated rings. The van der Waals surface area contributed by atoms with E-state index in [1.807, 2.05) is 42.5 Å². The maximum Gasteiger partial charge on any atom is 0.236 e. The lowest BCUT2D eigenvalue weighted by Crippen LogP contribution is -2.64. The first-order chi connectivity index (χ1) is 14.1. The molecular formula is C23H22O5S. The number of carbonyl (C=O) groups is 2. The van der Waals surface area contributed by atoms with Crippen LogP contribution < -0.4 is 0 Å². The van der Waals surface area contributed by atoms with Gasteiger partial charge in [0.25, 0.3) is 0 Å². The fraction of sp³-hybridized carbons (Fsp3) is 0.304. The SMILES string of the molecule is COC1(OC)C(=O)[C@@]2(/C=C/C(=O)c3ccco3)C=C[C@H]1C[C@H]2Sc1ccccc1. The molecule has 5 rings (SSSR count). The molecule has 3 aliphatic carbocycles. The van der Waals surface area contributed by atoms with Crippen molar-refractivity contribution in [3.63, 3.8) is 0 Å². The Bertz CT molecular complexity index is 943. The number of carbonyl (C=O) groups excluding carboxylic acids is 2. The smallest absolute Gasteiger partial charge is 0.236 e. The summed E-state index contributed by atoms with van der Waals surface area (Å²) in [6.07, 6.45) is 9.10. The second-order valence-electron chi connectivity index (χ2n) is 7.13. The molecule has 0 aliphatic heterocycles. The van der Waals surface area contributed by atoms with Crippen LogP contribution in [0.15, 0.2) is 82.3 Å². The maximum absolute atomic E-state index is 13.7. The number of furan rings is 1. The molecule has 3 atom stereocenters. The summed E-state index contributed by atoms with van der Waals surface area (Å²) < 4.78 is 16.4. The number of allylic oxidation sites excluding steroid dienone is 3. The van der Waals surface area contributed by atoms with Crippen molar-refractivity contribution in [2.45, 2.75) is 22.4 Å². The van der Waals surface area contributed by atoms with Crippen LogP contribution in [0.4, 0.5) is 0 Å².